The summed E-state index contributed by atoms with van der Waals surface area (Å²) >= 11 is 0. The first-order valence-corrected chi connectivity index (χ1v) is 6.15. The lowest BCUT2D eigenvalue weighted by atomic mass is 9.87. The molecule has 1 aromatic rings. The Morgan fingerprint density at radius 3 is 2.41 bits per heavy atom. The van der Waals surface area contributed by atoms with Gasteiger partial charge in [-0.25, -0.2) is 4.39 Å². The third-order valence-electron chi connectivity index (χ3n) is 3.42. The van der Waals surface area contributed by atoms with E-state index in [1.165, 1.54) is 12.1 Å². The lowest BCUT2D eigenvalue weighted by Crippen LogP contribution is -2.32. The quantitative estimate of drug-likeness (QED) is 0.869. The summed E-state index contributed by atoms with van der Waals surface area (Å²) in [5.74, 6) is 0.0575. The summed E-state index contributed by atoms with van der Waals surface area (Å²) < 4.78 is 12.7. The Morgan fingerprint density at radius 1 is 1.18 bits per heavy atom. The Balaban J connectivity index is 1.76. The van der Waals surface area contributed by atoms with Gasteiger partial charge in [0.05, 0.1) is 6.07 Å². The van der Waals surface area contributed by atoms with E-state index in [1.54, 1.807) is 0 Å². The summed E-state index contributed by atoms with van der Waals surface area (Å²) in [6.07, 6.45) is 4.13. The number of nitrogens with zero attached hydrogens (tertiary/aromatic N) is 1. The van der Waals surface area contributed by atoms with Crippen molar-refractivity contribution in [1.82, 2.24) is 5.32 Å². The first-order chi connectivity index (χ1) is 8.28. The number of nitrogens with one attached hydrogen (secondary N) is 1. The first-order valence-electron chi connectivity index (χ1n) is 6.15. The summed E-state index contributed by atoms with van der Waals surface area (Å²) in [7, 11) is 0. The molecule has 1 aliphatic carbocycles. The zero-order valence-electron chi connectivity index (χ0n) is 9.82. The lowest BCUT2D eigenvalue weighted by Gasteiger charge is -2.25. The van der Waals surface area contributed by atoms with E-state index < -0.39 is 0 Å². The summed E-state index contributed by atoms with van der Waals surface area (Å²) in [6, 6.07) is 9.44. The molecule has 1 fully saturated rings. The Hall–Kier alpha value is -1.40. The average molecular weight is 232 g/mol. The van der Waals surface area contributed by atoms with Gasteiger partial charge in [0, 0.05) is 18.5 Å². The summed E-state index contributed by atoms with van der Waals surface area (Å²) in [5, 5.41) is 12.3. The Labute approximate surface area is 101 Å². The third kappa shape index (κ3) is 3.54. The topological polar surface area (TPSA) is 35.8 Å². The molecule has 0 spiro atoms. The molecule has 0 aliphatic heterocycles. The van der Waals surface area contributed by atoms with Gasteiger partial charge < -0.3 is 5.32 Å². The van der Waals surface area contributed by atoms with E-state index in [2.05, 4.69) is 11.4 Å². The third-order valence-corrected chi connectivity index (χ3v) is 3.42. The highest BCUT2D eigenvalue weighted by Crippen LogP contribution is 2.23. The van der Waals surface area contributed by atoms with Crippen LogP contribution in [0.5, 0.6) is 0 Å². The number of benzene rings is 1. The number of hydrogen-bond donors (Lipinski definition) is 1. The Kier molecular flexibility index (Phi) is 4.11. The van der Waals surface area contributed by atoms with Crippen molar-refractivity contribution in [1.29, 1.82) is 5.26 Å². The molecule has 0 bridgehead atoms. The molecule has 1 aromatic carbocycles. The molecule has 0 amide bonds. The van der Waals surface area contributed by atoms with Gasteiger partial charge in [-0.2, -0.15) is 5.26 Å². The minimum absolute atomic E-state index is 0.191. The normalized spacial score (nSPS) is 24.2. The molecular weight excluding hydrogens is 215 g/mol. The van der Waals surface area contributed by atoms with E-state index in [0.29, 0.717) is 6.04 Å². The first kappa shape index (κ1) is 12.1. The van der Waals surface area contributed by atoms with Crippen LogP contribution in [0.1, 0.15) is 31.2 Å². The van der Waals surface area contributed by atoms with Crippen molar-refractivity contribution >= 4 is 0 Å². The van der Waals surface area contributed by atoms with E-state index in [4.69, 9.17) is 5.26 Å². The Bertz CT molecular complexity index is 386. The molecule has 3 heteroatoms. The fourth-order valence-electron chi connectivity index (χ4n) is 2.29. The van der Waals surface area contributed by atoms with Crippen molar-refractivity contribution in [2.45, 2.75) is 38.3 Å². The van der Waals surface area contributed by atoms with Gasteiger partial charge in [0.25, 0.3) is 0 Å². The van der Waals surface area contributed by atoms with Crippen molar-refractivity contribution in [2.24, 2.45) is 5.92 Å². The van der Waals surface area contributed by atoms with E-state index >= 15 is 0 Å². The molecule has 1 aliphatic rings. The summed E-state index contributed by atoms with van der Waals surface area (Å²) in [6.45, 7) is 0.780. The van der Waals surface area contributed by atoms with Crippen LogP contribution >= 0.6 is 0 Å². The smallest absolute Gasteiger partial charge is 0.123 e. The number of halogens is 1. The van der Waals surface area contributed by atoms with Gasteiger partial charge in [-0.15, -0.1) is 0 Å². The van der Waals surface area contributed by atoms with E-state index in [-0.39, 0.29) is 11.7 Å². The van der Waals surface area contributed by atoms with Crippen LogP contribution in [0.15, 0.2) is 24.3 Å². The van der Waals surface area contributed by atoms with Gasteiger partial charge in [0.15, 0.2) is 0 Å². The molecule has 0 aromatic heterocycles. The Morgan fingerprint density at radius 2 is 1.82 bits per heavy atom. The second-order valence-corrected chi connectivity index (χ2v) is 4.69. The molecule has 1 N–H and O–H groups in total. The van der Waals surface area contributed by atoms with Crippen molar-refractivity contribution in [3.8, 4) is 6.07 Å². The van der Waals surface area contributed by atoms with Crippen LogP contribution in [-0.2, 0) is 6.54 Å². The lowest BCUT2D eigenvalue weighted by molar-refractivity contribution is 0.331. The molecule has 17 heavy (non-hydrogen) atoms. The molecular formula is C14H17FN2. The van der Waals surface area contributed by atoms with Crippen LogP contribution < -0.4 is 5.32 Å². The van der Waals surface area contributed by atoms with Gasteiger partial charge in [0.1, 0.15) is 5.82 Å². The van der Waals surface area contributed by atoms with Gasteiger partial charge in [-0.3, -0.25) is 0 Å². The van der Waals surface area contributed by atoms with Crippen LogP contribution in [0.4, 0.5) is 4.39 Å². The van der Waals surface area contributed by atoms with Crippen LogP contribution in [-0.4, -0.2) is 6.04 Å². The highest BCUT2D eigenvalue weighted by molar-refractivity contribution is 5.15. The van der Waals surface area contributed by atoms with Crippen molar-refractivity contribution in [3.63, 3.8) is 0 Å². The maximum Gasteiger partial charge on any atom is 0.123 e. The van der Waals surface area contributed by atoms with Crippen molar-refractivity contribution < 1.29 is 4.39 Å². The minimum atomic E-state index is -0.191. The molecule has 2 nitrogen and oxygen atoms in total. The molecule has 0 radical (unpaired) electrons. The molecule has 1 saturated carbocycles. The van der Waals surface area contributed by atoms with Gasteiger partial charge in [-0.05, 0) is 43.4 Å². The number of hydrogen-bond acceptors (Lipinski definition) is 2. The van der Waals surface area contributed by atoms with Gasteiger partial charge in [0.2, 0.25) is 0 Å². The highest BCUT2D eigenvalue weighted by Gasteiger charge is 2.19. The second-order valence-electron chi connectivity index (χ2n) is 4.69. The monoisotopic (exact) mass is 232 g/mol. The minimum Gasteiger partial charge on any atom is -0.310 e. The van der Waals surface area contributed by atoms with Crippen molar-refractivity contribution in [2.75, 3.05) is 0 Å². The van der Waals surface area contributed by atoms with Crippen LogP contribution in [0.3, 0.4) is 0 Å². The number of rotatable bonds is 3. The fraction of sp³-hybridized carbons (Fsp3) is 0.500. The summed E-state index contributed by atoms with van der Waals surface area (Å²) in [4.78, 5) is 0. The average Bonchev–Trinajstić information content (AvgIpc) is 2.39. The molecule has 0 saturated heterocycles. The van der Waals surface area contributed by atoms with Gasteiger partial charge >= 0.3 is 0 Å². The molecule has 2 rings (SSSR count). The van der Waals surface area contributed by atoms with Crippen LogP contribution in [0, 0.1) is 23.1 Å². The standard InChI is InChI=1S/C14H17FN2/c15-13-5-1-12(2-6-13)10-17-14-7-3-11(9-16)4-8-14/h1-2,5-6,11,14,17H,3-4,7-8,10H2. The SMILES string of the molecule is N#CC1CCC(NCc2ccc(F)cc2)CC1. The predicted molar refractivity (Wildman–Crippen MR) is 64.6 cm³/mol. The van der Waals surface area contributed by atoms with Crippen LogP contribution in [0.2, 0.25) is 0 Å². The van der Waals surface area contributed by atoms with Crippen molar-refractivity contribution in [3.05, 3.63) is 35.6 Å². The second kappa shape index (κ2) is 5.79. The number of nitriles is 1. The van der Waals surface area contributed by atoms with E-state index in [9.17, 15) is 4.39 Å². The largest absolute Gasteiger partial charge is 0.310 e. The molecule has 0 heterocycles. The zero-order valence-corrected chi connectivity index (χ0v) is 9.82. The maximum atomic E-state index is 12.7. The highest BCUT2D eigenvalue weighted by atomic mass is 19.1. The summed E-state index contributed by atoms with van der Waals surface area (Å²) in [5.41, 5.74) is 1.11. The molecule has 90 valence electrons. The van der Waals surface area contributed by atoms with Crippen LogP contribution in [0.25, 0.3) is 0 Å². The molecule has 0 atom stereocenters. The van der Waals surface area contributed by atoms with Gasteiger partial charge in [-0.1, -0.05) is 12.1 Å². The fourth-order valence-corrected chi connectivity index (χ4v) is 2.29. The maximum absolute atomic E-state index is 12.7. The van der Waals surface area contributed by atoms with E-state index in [0.717, 1.165) is 37.8 Å². The zero-order chi connectivity index (χ0) is 12.1. The molecule has 0 unspecified atom stereocenters. The predicted octanol–water partition coefficient (Wildman–Crippen LogP) is 3.00. The van der Waals surface area contributed by atoms with E-state index in [1.807, 2.05) is 12.1 Å².